The molecular formula is C19H25FN2O3. The topological polar surface area (TPSA) is 50.8 Å². The number of likely N-dealkylation sites (tertiary alicyclic amines) is 1. The van der Waals surface area contributed by atoms with E-state index in [-0.39, 0.29) is 30.1 Å². The number of hydrogen-bond acceptors (Lipinski definition) is 3. The molecule has 2 heterocycles. The van der Waals surface area contributed by atoms with Crippen LogP contribution in [-0.2, 0) is 15.9 Å². The van der Waals surface area contributed by atoms with Crippen LogP contribution in [0.3, 0.4) is 0 Å². The number of urea groups is 1. The van der Waals surface area contributed by atoms with E-state index in [1.807, 2.05) is 11.0 Å². The minimum atomic E-state index is -0.164. The third-order valence-electron chi connectivity index (χ3n) is 5.51. The molecule has 2 saturated heterocycles. The zero-order valence-electron chi connectivity index (χ0n) is 14.4. The Bertz CT molecular complexity index is 625. The smallest absolute Gasteiger partial charge is 0.317 e. The second-order valence-corrected chi connectivity index (χ2v) is 7.16. The molecule has 5 nitrogen and oxygen atoms in total. The number of carbonyl (C=O) groups excluding carboxylic acids is 1. The molecule has 2 amide bonds. The van der Waals surface area contributed by atoms with Gasteiger partial charge in [-0.1, -0.05) is 12.1 Å². The third kappa shape index (κ3) is 3.65. The number of piperidine rings is 1. The fourth-order valence-corrected chi connectivity index (χ4v) is 4.09. The fraction of sp³-hybridized carbons (Fsp3) is 0.632. The van der Waals surface area contributed by atoms with Gasteiger partial charge >= 0.3 is 6.03 Å². The summed E-state index contributed by atoms with van der Waals surface area (Å²) in [6.45, 7) is 2.88. The second-order valence-electron chi connectivity index (χ2n) is 7.16. The number of fused-ring (bicyclic) bond motifs is 1. The van der Waals surface area contributed by atoms with Gasteiger partial charge in [0.2, 0.25) is 0 Å². The average molecular weight is 348 g/mol. The van der Waals surface area contributed by atoms with Crippen molar-refractivity contribution in [3.05, 3.63) is 35.1 Å². The number of hydrogen-bond donors (Lipinski definition) is 1. The first-order valence-electron chi connectivity index (χ1n) is 9.26. The van der Waals surface area contributed by atoms with Gasteiger partial charge in [-0.3, -0.25) is 0 Å². The van der Waals surface area contributed by atoms with Gasteiger partial charge in [-0.25, -0.2) is 9.18 Å². The Kier molecular flexibility index (Phi) is 4.90. The van der Waals surface area contributed by atoms with Crippen LogP contribution < -0.4 is 5.32 Å². The van der Waals surface area contributed by atoms with Crippen LogP contribution in [0, 0.1) is 5.82 Å². The maximum atomic E-state index is 13.8. The van der Waals surface area contributed by atoms with Gasteiger partial charge in [0.1, 0.15) is 5.82 Å². The fourth-order valence-electron chi connectivity index (χ4n) is 4.09. The molecule has 0 unspecified atom stereocenters. The van der Waals surface area contributed by atoms with E-state index in [1.54, 1.807) is 6.07 Å². The summed E-state index contributed by atoms with van der Waals surface area (Å²) in [7, 11) is 0. The summed E-state index contributed by atoms with van der Waals surface area (Å²) in [5.41, 5.74) is 1.67. The van der Waals surface area contributed by atoms with Gasteiger partial charge in [-0.05, 0) is 49.3 Å². The lowest BCUT2D eigenvalue weighted by Crippen LogP contribution is -2.47. The molecule has 0 aromatic heterocycles. The van der Waals surface area contributed by atoms with Crippen molar-refractivity contribution in [3.63, 3.8) is 0 Å². The lowest BCUT2D eigenvalue weighted by Gasteiger charge is -2.33. The Morgan fingerprint density at radius 1 is 1.20 bits per heavy atom. The summed E-state index contributed by atoms with van der Waals surface area (Å²) in [4.78, 5) is 14.4. The van der Waals surface area contributed by atoms with Gasteiger partial charge in [0.05, 0.1) is 24.9 Å². The molecule has 2 fully saturated rings. The Labute approximate surface area is 147 Å². The number of nitrogens with one attached hydrogen (secondary N) is 1. The third-order valence-corrected chi connectivity index (χ3v) is 5.51. The minimum absolute atomic E-state index is 0.0511. The van der Waals surface area contributed by atoms with Crippen molar-refractivity contribution in [2.24, 2.45) is 0 Å². The van der Waals surface area contributed by atoms with E-state index in [2.05, 4.69) is 5.32 Å². The molecule has 1 N–H and O–H groups in total. The summed E-state index contributed by atoms with van der Waals surface area (Å²) >= 11 is 0. The van der Waals surface area contributed by atoms with E-state index in [9.17, 15) is 9.18 Å². The Hall–Kier alpha value is -1.66. The van der Waals surface area contributed by atoms with Crippen LogP contribution in [0.5, 0.6) is 0 Å². The van der Waals surface area contributed by atoms with Gasteiger partial charge in [0.25, 0.3) is 0 Å². The SMILES string of the molecule is O=C(N[C@@H]1CCc2c(F)cccc21)N1CCC(O[C@H]2CCOC2)CC1. The summed E-state index contributed by atoms with van der Waals surface area (Å²) in [5.74, 6) is -0.164. The molecular weight excluding hydrogens is 323 g/mol. The van der Waals surface area contributed by atoms with Crippen LogP contribution in [0.1, 0.15) is 42.9 Å². The molecule has 25 heavy (non-hydrogen) atoms. The Morgan fingerprint density at radius 2 is 2.04 bits per heavy atom. The van der Waals surface area contributed by atoms with E-state index < -0.39 is 0 Å². The standard InChI is InChI=1S/C19H25FN2O3/c20-17-3-1-2-16-15(17)4-5-18(16)21-19(23)22-9-6-13(7-10-22)25-14-8-11-24-12-14/h1-3,13-14,18H,4-12H2,(H,21,23)/t14-,18+/m0/s1. The zero-order chi connectivity index (χ0) is 17.2. The van der Waals surface area contributed by atoms with Gasteiger partial charge in [0, 0.05) is 19.7 Å². The van der Waals surface area contributed by atoms with Crippen molar-refractivity contribution in [2.45, 2.75) is 50.4 Å². The summed E-state index contributed by atoms with van der Waals surface area (Å²) in [6, 6.07) is 4.99. The molecule has 136 valence electrons. The van der Waals surface area contributed by atoms with Gasteiger partial charge in [-0.15, -0.1) is 0 Å². The van der Waals surface area contributed by atoms with Crippen molar-refractivity contribution in [1.82, 2.24) is 10.2 Å². The highest BCUT2D eigenvalue weighted by molar-refractivity contribution is 5.75. The first-order valence-corrected chi connectivity index (χ1v) is 9.26. The van der Waals surface area contributed by atoms with Gasteiger partial charge in [-0.2, -0.15) is 0 Å². The van der Waals surface area contributed by atoms with Crippen LogP contribution in [0.2, 0.25) is 0 Å². The number of rotatable bonds is 3. The highest BCUT2D eigenvalue weighted by Crippen LogP contribution is 2.33. The minimum Gasteiger partial charge on any atom is -0.379 e. The predicted molar refractivity (Wildman–Crippen MR) is 90.9 cm³/mol. The lowest BCUT2D eigenvalue weighted by molar-refractivity contribution is -0.0392. The molecule has 0 radical (unpaired) electrons. The molecule has 1 aromatic rings. The van der Waals surface area contributed by atoms with Crippen molar-refractivity contribution in [2.75, 3.05) is 26.3 Å². The van der Waals surface area contributed by atoms with E-state index in [4.69, 9.17) is 9.47 Å². The van der Waals surface area contributed by atoms with Gasteiger partial charge < -0.3 is 19.7 Å². The molecule has 6 heteroatoms. The number of carbonyl (C=O) groups is 1. The summed E-state index contributed by atoms with van der Waals surface area (Å²) in [5, 5.41) is 3.08. The molecule has 1 aliphatic carbocycles. The first-order chi connectivity index (χ1) is 12.2. The van der Waals surface area contributed by atoms with Crippen LogP contribution in [0.4, 0.5) is 9.18 Å². The van der Waals surface area contributed by atoms with E-state index in [0.717, 1.165) is 43.4 Å². The number of benzene rings is 1. The number of halogens is 1. The highest BCUT2D eigenvalue weighted by Gasteiger charge is 2.30. The maximum absolute atomic E-state index is 13.8. The molecule has 2 atom stereocenters. The molecule has 0 saturated carbocycles. The van der Waals surface area contributed by atoms with Crippen molar-refractivity contribution in [3.8, 4) is 0 Å². The van der Waals surface area contributed by atoms with E-state index >= 15 is 0 Å². The Morgan fingerprint density at radius 3 is 2.80 bits per heavy atom. The molecule has 3 aliphatic rings. The van der Waals surface area contributed by atoms with Gasteiger partial charge in [0.15, 0.2) is 0 Å². The van der Waals surface area contributed by atoms with Crippen molar-refractivity contribution in [1.29, 1.82) is 0 Å². The molecule has 0 bridgehead atoms. The maximum Gasteiger partial charge on any atom is 0.317 e. The van der Waals surface area contributed by atoms with Crippen molar-refractivity contribution < 1.29 is 18.7 Å². The molecule has 2 aliphatic heterocycles. The predicted octanol–water partition coefficient (Wildman–Crippen LogP) is 2.79. The number of nitrogens with zero attached hydrogens (tertiary/aromatic N) is 1. The monoisotopic (exact) mass is 348 g/mol. The van der Waals surface area contributed by atoms with Crippen LogP contribution >= 0.6 is 0 Å². The normalized spacial score (nSPS) is 26.7. The van der Waals surface area contributed by atoms with E-state index in [0.29, 0.717) is 26.1 Å². The average Bonchev–Trinajstić information content (AvgIpc) is 3.27. The second kappa shape index (κ2) is 7.30. The highest BCUT2D eigenvalue weighted by atomic mass is 19.1. The zero-order valence-corrected chi connectivity index (χ0v) is 14.4. The van der Waals surface area contributed by atoms with Crippen molar-refractivity contribution >= 4 is 6.03 Å². The van der Waals surface area contributed by atoms with Crippen LogP contribution in [-0.4, -0.2) is 49.4 Å². The molecule has 1 aromatic carbocycles. The Balaban J connectivity index is 1.28. The molecule has 4 rings (SSSR count). The first kappa shape index (κ1) is 16.8. The number of amides is 2. The number of ether oxygens (including phenoxy) is 2. The molecule has 0 spiro atoms. The summed E-state index contributed by atoms with van der Waals surface area (Å²) < 4.78 is 25.2. The lowest BCUT2D eigenvalue weighted by atomic mass is 10.1. The van der Waals surface area contributed by atoms with E-state index in [1.165, 1.54) is 6.07 Å². The quantitative estimate of drug-likeness (QED) is 0.914. The largest absolute Gasteiger partial charge is 0.379 e. The van der Waals surface area contributed by atoms with Crippen LogP contribution in [0.25, 0.3) is 0 Å². The van der Waals surface area contributed by atoms with Crippen LogP contribution in [0.15, 0.2) is 18.2 Å². The summed E-state index contributed by atoms with van der Waals surface area (Å²) in [6.07, 6.45) is 4.58.